The summed E-state index contributed by atoms with van der Waals surface area (Å²) < 4.78 is 13.2. The standard InChI is InChI=1S/C23H20FN5OS/c24-15-6-8-16(9-7-15)27-18-4-2-1-3-17(18)20-11-26-23(31-20)22(30)28-21-14-5-10-19(21)29(12-14)13-25/h1-4,6-9,11,14,19,21,27H,5,10,12H2,(H,28,30)/t14?,19?,21-/m1/s1. The number of halogens is 1. The number of nitriles is 1. The maximum atomic E-state index is 13.2. The number of amides is 1. The molecule has 2 unspecified atom stereocenters. The predicted molar refractivity (Wildman–Crippen MR) is 117 cm³/mol. The quantitative estimate of drug-likeness (QED) is 0.584. The molecule has 2 aliphatic rings. The molecule has 0 spiro atoms. The summed E-state index contributed by atoms with van der Waals surface area (Å²) >= 11 is 1.33. The molecule has 1 saturated carbocycles. The van der Waals surface area contributed by atoms with Crippen LogP contribution in [0, 0.1) is 23.2 Å². The van der Waals surface area contributed by atoms with Crippen LogP contribution in [0.15, 0.2) is 54.7 Å². The Labute approximate surface area is 183 Å². The summed E-state index contributed by atoms with van der Waals surface area (Å²) in [5, 5.41) is 16.1. The van der Waals surface area contributed by atoms with Gasteiger partial charge in [-0.15, -0.1) is 11.3 Å². The van der Waals surface area contributed by atoms with Crippen molar-refractivity contribution in [1.82, 2.24) is 15.2 Å². The molecular formula is C23H20FN5OS. The number of likely N-dealkylation sites (tertiary alicyclic amines) is 1. The lowest BCUT2D eigenvalue weighted by atomic mass is 10.1. The molecule has 2 fully saturated rings. The second kappa shape index (κ2) is 8.00. The van der Waals surface area contributed by atoms with Crippen LogP contribution in [0.3, 0.4) is 0 Å². The van der Waals surface area contributed by atoms with E-state index in [4.69, 9.17) is 0 Å². The summed E-state index contributed by atoms with van der Waals surface area (Å²) in [6.45, 7) is 0.720. The third-order valence-corrected chi connectivity index (χ3v) is 7.06. The van der Waals surface area contributed by atoms with Crippen molar-refractivity contribution in [3.63, 3.8) is 0 Å². The Hall–Kier alpha value is -3.44. The first-order valence-electron chi connectivity index (χ1n) is 10.2. The van der Waals surface area contributed by atoms with E-state index >= 15 is 0 Å². The van der Waals surface area contributed by atoms with Crippen LogP contribution in [0.4, 0.5) is 15.8 Å². The Kier molecular flexibility index (Phi) is 5.04. The van der Waals surface area contributed by atoms with Gasteiger partial charge < -0.3 is 15.5 Å². The van der Waals surface area contributed by atoms with Gasteiger partial charge in [-0.1, -0.05) is 18.2 Å². The Morgan fingerprint density at radius 3 is 2.77 bits per heavy atom. The van der Waals surface area contributed by atoms with Crippen LogP contribution in [-0.4, -0.2) is 34.4 Å². The molecule has 2 aromatic carbocycles. The first-order chi connectivity index (χ1) is 15.1. The minimum Gasteiger partial charge on any atom is -0.355 e. The minimum absolute atomic E-state index is 0.00642. The normalized spacial score (nSPS) is 21.7. The van der Waals surface area contributed by atoms with Gasteiger partial charge in [-0.3, -0.25) is 4.79 Å². The van der Waals surface area contributed by atoms with Crippen LogP contribution in [0.5, 0.6) is 0 Å². The van der Waals surface area contributed by atoms with Crippen molar-refractivity contribution in [3.8, 4) is 16.6 Å². The fourth-order valence-electron chi connectivity index (χ4n) is 4.54. The highest BCUT2D eigenvalue weighted by atomic mass is 32.1. The maximum Gasteiger partial charge on any atom is 0.280 e. The van der Waals surface area contributed by atoms with Gasteiger partial charge in [-0.05, 0) is 49.1 Å². The Morgan fingerprint density at radius 1 is 1.19 bits per heavy atom. The molecule has 1 saturated heterocycles. The highest BCUT2D eigenvalue weighted by molar-refractivity contribution is 7.17. The number of aromatic nitrogens is 1. The summed E-state index contributed by atoms with van der Waals surface area (Å²) in [6, 6.07) is 14.0. The number of nitrogens with zero attached hydrogens (tertiary/aromatic N) is 3. The molecule has 1 aromatic heterocycles. The fourth-order valence-corrected chi connectivity index (χ4v) is 5.40. The Morgan fingerprint density at radius 2 is 2.00 bits per heavy atom. The first-order valence-corrected chi connectivity index (χ1v) is 11.0. The molecule has 8 heteroatoms. The second-order valence-corrected chi connectivity index (χ2v) is 8.89. The van der Waals surface area contributed by atoms with E-state index in [0.29, 0.717) is 10.9 Å². The van der Waals surface area contributed by atoms with Gasteiger partial charge in [0.25, 0.3) is 5.91 Å². The molecule has 1 aliphatic heterocycles. The van der Waals surface area contributed by atoms with Crippen molar-refractivity contribution in [2.75, 3.05) is 11.9 Å². The van der Waals surface area contributed by atoms with Crippen LogP contribution >= 0.6 is 11.3 Å². The molecule has 2 bridgehead atoms. The molecule has 156 valence electrons. The molecule has 2 N–H and O–H groups in total. The Bertz CT molecular complexity index is 1160. The van der Waals surface area contributed by atoms with Crippen molar-refractivity contribution in [1.29, 1.82) is 5.26 Å². The number of piperidine rings is 1. The molecule has 6 nitrogen and oxygen atoms in total. The van der Waals surface area contributed by atoms with Gasteiger partial charge in [-0.2, -0.15) is 5.26 Å². The predicted octanol–water partition coefficient (Wildman–Crippen LogP) is 4.37. The van der Waals surface area contributed by atoms with E-state index < -0.39 is 0 Å². The second-order valence-electron chi connectivity index (χ2n) is 7.86. The van der Waals surface area contributed by atoms with Crippen LogP contribution in [0.25, 0.3) is 10.4 Å². The zero-order chi connectivity index (χ0) is 21.4. The van der Waals surface area contributed by atoms with Crippen LogP contribution in [0.1, 0.15) is 22.6 Å². The van der Waals surface area contributed by atoms with E-state index in [1.165, 1.54) is 23.5 Å². The first kappa shape index (κ1) is 19.5. The molecule has 1 aliphatic carbocycles. The van der Waals surface area contributed by atoms with Crippen molar-refractivity contribution >= 4 is 28.6 Å². The number of hydrogen-bond acceptors (Lipinski definition) is 6. The number of nitrogens with one attached hydrogen (secondary N) is 2. The van der Waals surface area contributed by atoms with Gasteiger partial charge in [-0.25, -0.2) is 9.37 Å². The number of para-hydroxylation sites is 1. The van der Waals surface area contributed by atoms with Gasteiger partial charge in [0, 0.05) is 29.7 Å². The Balaban J connectivity index is 1.34. The van der Waals surface area contributed by atoms with Gasteiger partial charge in [0.2, 0.25) is 0 Å². The SMILES string of the molecule is N#CN1CC2CCC1[C@@H]2NC(=O)c1ncc(-c2ccccc2Nc2ccc(F)cc2)s1. The minimum atomic E-state index is -0.287. The number of benzene rings is 2. The molecule has 31 heavy (non-hydrogen) atoms. The van der Waals surface area contributed by atoms with Crippen molar-refractivity contribution in [2.45, 2.75) is 24.9 Å². The highest BCUT2D eigenvalue weighted by Gasteiger charge is 2.47. The molecular weight excluding hydrogens is 413 g/mol. The third-order valence-electron chi connectivity index (χ3n) is 6.03. The summed E-state index contributed by atoms with van der Waals surface area (Å²) in [6.07, 6.45) is 5.92. The van der Waals surface area contributed by atoms with E-state index in [-0.39, 0.29) is 23.8 Å². The van der Waals surface area contributed by atoms with E-state index in [2.05, 4.69) is 21.8 Å². The van der Waals surface area contributed by atoms with Crippen LogP contribution < -0.4 is 10.6 Å². The number of fused-ring (bicyclic) bond motifs is 2. The van der Waals surface area contributed by atoms with E-state index in [1.807, 2.05) is 24.3 Å². The number of thiazole rings is 1. The topological polar surface area (TPSA) is 81.1 Å². The van der Waals surface area contributed by atoms with E-state index in [0.717, 1.165) is 41.2 Å². The fraction of sp³-hybridized carbons (Fsp3) is 0.261. The molecule has 5 rings (SSSR count). The van der Waals surface area contributed by atoms with Gasteiger partial charge in [0.15, 0.2) is 11.2 Å². The van der Waals surface area contributed by atoms with Crippen molar-refractivity contribution in [3.05, 3.63) is 65.6 Å². The van der Waals surface area contributed by atoms with Crippen molar-refractivity contribution in [2.24, 2.45) is 5.92 Å². The average molecular weight is 434 g/mol. The smallest absolute Gasteiger partial charge is 0.280 e. The van der Waals surface area contributed by atoms with E-state index in [1.54, 1.807) is 23.2 Å². The lowest BCUT2D eigenvalue weighted by Gasteiger charge is -2.21. The molecule has 1 amide bonds. The number of rotatable bonds is 5. The number of hydrogen-bond donors (Lipinski definition) is 2. The molecule has 0 radical (unpaired) electrons. The summed E-state index contributed by atoms with van der Waals surface area (Å²) in [4.78, 5) is 19.9. The summed E-state index contributed by atoms with van der Waals surface area (Å²) in [7, 11) is 0. The largest absolute Gasteiger partial charge is 0.355 e. The van der Waals surface area contributed by atoms with E-state index in [9.17, 15) is 14.4 Å². The molecule has 3 aromatic rings. The number of carbonyl (C=O) groups excluding carboxylic acids is 1. The third kappa shape index (κ3) is 3.73. The van der Waals surface area contributed by atoms with Gasteiger partial charge in [0.1, 0.15) is 5.82 Å². The van der Waals surface area contributed by atoms with Crippen LogP contribution in [0.2, 0.25) is 0 Å². The van der Waals surface area contributed by atoms with Gasteiger partial charge >= 0.3 is 0 Å². The average Bonchev–Trinajstić information content (AvgIpc) is 3.51. The zero-order valence-electron chi connectivity index (χ0n) is 16.6. The summed E-state index contributed by atoms with van der Waals surface area (Å²) in [5.41, 5.74) is 2.54. The molecule has 2 heterocycles. The van der Waals surface area contributed by atoms with Gasteiger partial charge in [0.05, 0.1) is 17.0 Å². The lowest BCUT2D eigenvalue weighted by molar-refractivity contribution is 0.0929. The maximum absolute atomic E-state index is 13.2. The number of carbonyl (C=O) groups is 1. The summed E-state index contributed by atoms with van der Waals surface area (Å²) in [5.74, 6) is -0.152. The monoisotopic (exact) mass is 433 g/mol. The van der Waals surface area contributed by atoms with Crippen LogP contribution in [-0.2, 0) is 0 Å². The zero-order valence-corrected chi connectivity index (χ0v) is 17.4. The lowest BCUT2D eigenvalue weighted by Crippen LogP contribution is -2.42. The molecule has 3 atom stereocenters. The highest BCUT2D eigenvalue weighted by Crippen LogP contribution is 2.38. The van der Waals surface area contributed by atoms with Crippen molar-refractivity contribution < 1.29 is 9.18 Å². The number of anilines is 2.